The fourth-order valence-electron chi connectivity index (χ4n) is 9.71. The monoisotopic (exact) mass is 642 g/mol. The molecule has 6 fully saturated rings. The van der Waals surface area contributed by atoms with Gasteiger partial charge in [-0.05, 0) is 63.8 Å². The predicted molar refractivity (Wildman–Crippen MR) is 165 cm³/mol. The van der Waals surface area contributed by atoms with E-state index in [4.69, 9.17) is 4.74 Å². The highest BCUT2D eigenvalue weighted by Gasteiger charge is 2.72. The van der Waals surface area contributed by atoms with E-state index in [9.17, 15) is 9.59 Å². The number of carbonyl (C=O) groups is 2. The largest absolute Gasteiger partial charge is 0.363 e. The zero-order chi connectivity index (χ0) is 32.4. The van der Waals surface area contributed by atoms with Gasteiger partial charge in [0.2, 0.25) is 5.91 Å². The molecule has 3 aliphatic heterocycles. The summed E-state index contributed by atoms with van der Waals surface area (Å²) >= 11 is 0. The molecule has 9 nitrogen and oxygen atoms in total. The van der Waals surface area contributed by atoms with Gasteiger partial charge in [-0.2, -0.15) is 0 Å². The first-order valence-corrected chi connectivity index (χ1v) is 16.8. The molecule has 3 N–H and O–H groups in total. The molecule has 0 radical (unpaired) electrons. The topological polar surface area (TPSA) is 98.8 Å². The molecule has 250 valence electrons. The molecule has 2 saturated heterocycles. The summed E-state index contributed by atoms with van der Waals surface area (Å²) in [6.07, 6.45) is 7.40. The van der Waals surface area contributed by atoms with Crippen LogP contribution < -0.4 is 16.0 Å². The summed E-state index contributed by atoms with van der Waals surface area (Å²) in [6.45, 7) is 6.82. The molecular weight excluding hydrogens is 597 g/mol. The SMILES string of the molecule is CCOC1(c2cccnc2)C=CC(N2CCN(C(=O)C34CC5(F)CC(F)(CC(F)(C5)C3)C4)C[C@H]2CC)=C(C(=O)N[C@@H]2CCNC2)N1. The highest BCUT2D eigenvalue weighted by atomic mass is 19.2. The van der Waals surface area contributed by atoms with Crippen molar-refractivity contribution in [3.8, 4) is 0 Å². The number of dihydropyridines is 1. The second kappa shape index (κ2) is 11.2. The van der Waals surface area contributed by atoms with Crippen LogP contribution in [0.3, 0.4) is 0 Å². The van der Waals surface area contributed by atoms with E-state index >= 15 is 13.2 Å². The van der Waals surface area contributed by atoms with Gasteiger partial charge in [-0.3, -0.25) is 14.6 Å². The van der Waals surface area contributed by atoms with E-state index in [2.05, 4.69) is 25.8 Å². The number of hydrogen-bond donors (Lipinski definition) is 3. The second-order valence-corrected chi connectivity index (χ2v) is 14.6. The van der Waals surface area contributed by atoms with Gasteiger partial charge in [0.05, 0.1) is 11.1 Å². The number of nitrogens with one attached hydrogen (secondary N) is 3. The first kappa shape index (κ1) is 31.5. The number of halogens is 3. The molecule has 4 saturated carbocycles. The highest BCUT2D eigenvalue weighted by molar-refractivity contribution is 5.95. The van der Waals surface area contributed by atoms with Crippen molar-refractivity contribution in [1.29, 1.82) is 0 Å². The Morgan fingerprint density at radius 1 is 1.07 bits per heavy atom. The highest BCUT2D eigenvalue weighted by Crippen LogP contribution is 2.68. The van der Waals surface area contributed by atoms with Gasteiger partial charge in [0.15, 0.2) is 5.72 Å². The van der Waals surface area contributed by atoms with Gasteiger partial charge in [-0.1, -0.05) is 13.0 Å². The van der Waals surface area contributed by atoms with Crippen LogP contribution in [0.4, 0.5) is 13.2 Å². The molecule has 1 unspecified atom stereocenters. The number of hydrogen-bond acceptors (Lipinski definition) is 7. The zero-order valence-corrected chi connectivity index (χ0v) is 26.7. The van der Waals surface area contributed by atoms with E-state index in [-0.39, 0.29) is 62.4 Å². The summed E-state index contributed by atoms with van der Waals surface area (Å²) in [5.41, 5.74) is -6.63. The van der Waals surface area contributed by atoms with Crippen molar-refractivity contribution >= 4 is 11.8 Å². The number of piperazine rings is 1. The Balaban J connectivity index is 1.17. The maximum Gasteiger partial charge on any atom is 0.269 e. The van der Waals surface area contributed by atoms with E-state index in [1.807, 2.05) is 38.1 Å². The predicted octanol–water partition coefficient (Wildman–Crippen LogP) is 3.54. The lowest BCUT2D eigenvalue weighted by Gasteiger charge is -2.63. The van der Waals surface area contributed by atoms with Crippen molar-refractivity contribution in [3.05, 3.63) is 53.6 Å². The molecule has 8 rings (SSSR count). The van der Waals surface area contributed by atoms with Crippen LogP contribution in [0, 0.1) is 5.41 Å². The molecule has 7 aliphatic rings. The number of allylic oxidation sites excluding steroid dienone is 1. The summed E-state index contributed by atoms with van der Waals surface area (Å²) < 4.78 is 53.5. The van der Waals surface area contributed by atoms with E-state index in [0.29, 0.717) is 50.6 Å². The van der Waals surface area contributed by atoms with Gasteiger partial charge in [-0.15, -0.1) is 0 Å². The first-order valence-electron chi connectivity index (χ1n) is 16.8. The van der Waals surface area contributed by atoms with Crippen LogP contribution in [0.15, 0.2) is 48.1 Å². The first-order chi connectivity index (χ1) is 21.9. The molecule has 12 heteroatoms. The van der Waals surface area contributed by atoms with E-state index in [1.54, 1.807) is 17.3 Å². The molecule has 46 heavy (non-hydrogen) atoms. The van der Waals surface area contributed by atoms with Gasteiger partial charge >= 0.3 is 0 Å². The molecule has 4 bridgehead atoms. The van der Waals surface area contributed by atoms with Crippen LogP contribution in [0.2, 0.25) is 0 Å². The fourth-order valence-corrected chi connectivity index (χ4v) is 9.71. The summed E-state index contributed by atoms with van der Waals surface area (Å²) in [4.78, 5) is 36.3. The van der Waals surface area contributed by atoms with E-state index < -0.39 is 28.1 Å². The number of amides is 2. The normalized spacial score (nSPS) is 39.9. The van der Waals surface area contributed by atoms with Gasteiger partial charge < -0.3 is 30.5 Å². The zero-order valence-electron chi connectivity index (χ0n) is 26.7. The van der Waals surface area contributed by atoms with Crippen molar-refractivity contribution in [2.45, 2.75) is 100 Å². The summed E-state index contributed by atoms with van der Waals surface area (Å²) in [5.74, 6) is -0.585. The number of nitrogens with zero attached hydrogens (tertiary/aromatic N) is 3. The molecule has 2 amide bonds. The Hall–Kier alpha value is -3.12. The standard InChI is InChI=1S/C34H45F3N6O3/c1-3-25-16-42(29(45)30-17-31(35)20-32(36,18-30)22-33(37,19-30)21-31)12-13-43(25)26-7-9-34(46-4-2,23-6-5-10-38-14-23)41-27(26)28(44)40-24-8-11-39-15-24/h5-7,9-10,14,24-25,39,41H,3-4,8,11-13,15-22H2,1-2H3,(H,40,44)/t24-,25-,30?,31?,32?,33?,34?/m1/s1. The lowest BCUT2D eigenvalue weighted by atomic mass is 9.46. The van der Waals surface area contributed by atoms with Crippen LogP contribution in [-0.4, -0.2) is 95.0 Å². The van der Waals surface area contributed by atoms with Crippen molar-refractivity contribution < 1.29 is 27.5 Å². The van der Waals surface area contributed by atoms with Crippen LogP contribution in [0.5, 0.6) is 0 Å². The number of carbonyl (C=O) groups excluding carboxylic acids is 2. The van der Waals surface area contributed by atoms with Crippen molar-refractivity contribution in [3.63, 3.8) is 0 Å². The summed E-state index contributed by atoms with van der Waals surface area (Å²) in [7, 11) is 0. The number of ether oxygens (including phenoxy) is 1. The van der Waals surface area contributed by atoms with Gasteiger partial charge in [-0.25, -0.2) is 13.2 Å². The van der Waals surface area contributed by atoms with Gasteiger partial charge in [0.1, 0.15) is 22.7 Å². The number of rotatable bonds is 8. The molecular formula is C34H45F3N6O3. The summed E-state index contributed by atoms with van der Waals surface area (Å²) in [6, 6.07) is 3.53. The summed E-state index contributed by atoms with van der Waals surface area (Å²) in [5, 5.41) is 9.89. The molecule has 4 aliphatic carbocycles. The Kier molecular flexibility index (Phi) is 7.70. The minimum atomic E-state index is -1.98. The third kappa shape index (κ3) is 5.38. The molecule has 1 aromatic heterocycles. The number of alkyl halides is 3. The lowest BCUT2D eigenvalue weighted by molar-refractivity contribution is -0.222. The Morgan fingerprint density at radius 2 is 1.78 bits per heavy atom. The Labute approximate surface area is 268 Å². The second-order valence-electron chi connectivity index (χ2n) is 14.6. The molecule has 0 spiro atoms. The van der Waals surface area contributed by atoms with Crippen LogP contribution in [0.1, 0.15) is 70.8 Å². The van der Waals surface area contributed by atoms with Crippen molar-refractivity contribution in [2.75, 3.05) is 39.3 Å². The average Bonchev–Trinajstić information content (AvgIpc) is 3.52. The molecule has 1 aromatic rings. The molecule has 4 heterocycles. The van der Waals surface area contributed by atoms with E-state index in [1.165, 1.54) is 0 Å². The van der Waals surface area contributed by atoms with Crippen LogP contribution in [-0.2, 0) is 20.1 Å². The third-order valence-electron chi connectivity index (χ3n) is 11.0. The Morgan fingerprint density at radius 3 is 2.37 bits per heavy atom. The Bertz CT molecular complexity index is 1380. The van der Waals surface area contributed by atoms with Crippen LogP contribution in [0.25, 0.3) is 0 Å². The molecule has 3 atom stereocenters. The quantitative estimate of drug-likeness (QED) is 0.399. The minimum Gasteiger partial charge on any atom is -0.363 e. The number of pyridine rings is 1. The maximum atomic E-state index is 15.8. The van der Waals surface area contributed by atoms with Crippen LogP contribution >= 0.6 is 0 Å². The lowest BCUT2D eigenvalue weighted by Crippen LogP contribution is -2.69. The molecule has 0 aromatic carbocycles. The average molecular weight is 643 g/mol. The van der Waals surface area contributed by atoms with Gasteiger partial charge in [0, 0.05) is 82.1 Å². The smallest absolute Gasteiger partial charge is 0.269 e. The minimum absolute atomic E-state index is 0.0121. The van der Waals surface area contributed by atoms with Gasteiger partial charge in [0.25, 0.3) is 5.91 Å². The van der Waals surface area contributed by atoms with Crippen molar-refractivity contribution in [1.82, 2.24) is 30.7 Å². The number of aromatic nitrogens is 1. The van der Waals surface area contributed by atoms with E-state index in [0.717, 1.165) is 18.5 Å². The fraction of sp³-hybridized carbons (Fsp3) is 0.676. The third-order valence-corrected chi connectivity index (χ3v) is 11.0. The van der Waals surface area contributed by atoms with Crippen molar-refractivity contribution in [2.24, 2.45) is 5.41 Å². The maximum absolute atomic E-state index is 15.8.